The van der Waals surface area contributed by atoms with Crippen LogP contribution in [-0.2, 0) is 12.8 Å². The van der Waals surface area contributed by atoms with Gasteiger partial charge in [0.2, 0.25) is 0 Å². The Balaban J connectivity index is 1.99. The van der Waals surface area contributed by atoms with Crippen LogP contribution in [0.4, 0.5) is 5.82 Å². The smallest absolute Gasteiger partial charge is 0.147 e. The lowest BCUT2D eigenvalue weighted by molar-refractivity contribution is 0.738. The van der Waals surface area contributed by atoms with Crippen molar-refractivity contribution in [1.29, 1.82) is 5.26 Å². The molecule has 0 bridgehead atoms. The molecule has 2 aromatic rings. The van der Waals surface area contributed by atoms with Crippen molar-refractivity contribution in [1.82, 2.24) is 4.98 Å². The molecule has 0 spiro atoms. The monoisotopic (exact) mass is 283 g/mol. The molecule has 0 aromatic carbocycles. The average Bonchev–Trinajstić information content (AvgIpc) is 3.14. The van der Waals surface area contributed by atoms with Crippen molar-refractivity contribution in [2.24, 2.45) is 0 Å². The normalized spacial score (nSPS) is 14.7. The van der Waals surface area contributed by atoms with Gasteiger partial charge in [-0.15, -0.1) is 11.3 Å². The van der Waals surface area contributed by atoms with Gasteiger partial charge >= 0.3 is 0 Å². The maximum atomic E-state index is 9.40. The molecule has 1 unspecified atom stereocenters. The van der Waals surface area contributed by atoms with Crippen LogP contribution in [0.15, 0.2) is 23.6 Å². The molecule has 1 atom stereocenters. The van der Waals surface area contributed by atoms with E-state index < -0.39 is 0 Å². The van der Waals surface area contributed by atoms with Crippen LogP contribution in [0.25, 0.3) is 0 Å². The van der Waals surface area contributed by atoms with Gasteiger partial charge in [0, 0.05) is 17.6 Å². The highest BCUT2D eigenvalue weighted by atomic mass is 32.1. The fraction of sp³-hybridized carbons (Fsp3) is 0.375. The molecule has 0 saturated heterocycles. The van der Waals surface area contributed by atoms with Gasteiger partial charge in [0.1, 0.15) is 11.9 Å². The molecule has 0 saturated carbocycles. The van der Waals surface area contributed by atoms with Gasteiger partial charge in [-0.3, -0.25) is 0 Å². The van der Waals surface area contributed by atoms with E-state index >= 15 is 0 Å². The molecular weight excluding hydrogens is 266 g/mol. The minimum Gasteiger partial charge on any atom is -0.351 e. The van der Waals surface area contributed by atoms with Crippen molar-refractivity contribution in [2.75, 3.05) is 11.9 Å². The van der Waals surface area contributed by atoms with Crippen molar-refractivity contribution in [3.63, 3.8) is 0 Å². The van der Waals surface area contributed by atoms with E-state index in [2.05, 4.69) is 35.4 Å². The summed E-state index contributed by atoms with van der Waals surface area (Å²) in [7, 11) is 2.02. The van der Waals surface area contributed by atoms with Crippen LogP contribution in [0.1, 0.15) is 41.1 Å². The highest BCUT2D eigenvalue weighted by molar-refractivity contribution is 7.10. The van der Waals surface area contributed by atoms with Gasteiger partial charge in [0.15, 0.2) is 0 Å². The third-order valence-electron chi connectivity index (χ3n) is 4.02. The number of rotatable bonds is 3. The van der Waals surface area contributed by atoms with Crippen LogP contribution < -0.4 is 4.90 Å². The molecule has 0 aliphatic heterocycles. The number of fused-ring (bicyclic) bond motifs is 1. The number of pyridine rings is 1. The Bertz CT molecular complexity index is 655. The van der Waals surface area contributed by atoms with E-state index in [1.54, 1.807) is 11.3 Å². The van der Waals surface area contributed by atoms with Crippen molar-refractivity contribution < 1.29 is 0 Å². The summed E-state index contributed by atoms with van der Waals surface area (Å²) in [6, 6.07) is 8.76. The standard InChI is InChI=1S/C16H17N3S/c1-11(15-7-4-8-20-15)19(2)16-13(10-17)9-12-5-3-6-14(12)18-16/h4,7-9,11H,3,5-6H2,1-2H3. The van der Waals surface area contributed by atoms with Gasteiger partial charge < -0.3 is 4.90 Å². The summed E-state index contributed by atoms with van der Waals surface area (Å²) in [5.41, 5.74) is 3.11. The number of anilines is 1. The van der Waals surface area contributed by atoms with Crippen molar-refractivity contribution >= 4 is 17.2 Å². The first-order chi connectivity index (χ1) is 9.70. The van der Waals surface area contributed by atoms with Crippen LogP contribution in [0, 0.1) is 11.3 Å². The Morgan fingerprint density at radius 2 is 2.30 bits per heavy atom. The lowest BCUT2D eigenvalue weighted by Crippen LogP contribution is -2.23. The summed E-state index contributed by atoms with van der Waals surface area (Å²) in [5, 5.41) is 11.5. The molecule has 0 radical (unpaired) electrons. The van der Waals surface area contributed by atoms with Gasteiger partial charge in [-0.2, -0.15) is 5.26 Å². The Morgan fingerprint density at radius 1 is 1.45 bits per heavy atom. The molecule has 1 aliphatic rings. The summed E-state index contributed by atoms with van der Waals surface area (Å²) in [4.78, 5) is 8.17. The molecule has 2 aromatic heterocycles. The van der Waals surface area contributed by atoms with Gasteiger partial charge in [-0.1, -0.05) is 6.07 Å². The zero-order chi connectivity index (χ0) is 14.1. The number of hydrogen-bond acceptors (Lipinski definition) is 4. The summed E-state index contributed by atoms with van der Waals surface area (Å²) < 4.78 is 0. The van der Waals surface area contributed by atoms with Gasteiger partial charge in [-0.05, 0) is 49.3 Å². The topological polar surface area (TPSA) is 39.9 Å². The number of nitriles is 1. The first-order valence-electron chi connectivity index (χ1n) is 6.90. The molecular formula is C16H17N3S. The lowest BCUT2D eigenvalue weighted by Gasteiger charge is -2.26. The van der Waals surface area contributed by atoms with E-state index in [1.165, 1.54) is 16.1 Å². The van der Waals surface area contributed by atoms with Crippen LogP contribution in [0.3, 0.4) is 0 Å². The zero-order valence-electron chi connectivity index (χ0n) is 11.8. The summed E-state index contributed by atoms with van der Waals surface area (Å²) in [6.45, 7) is 2.15. The number of nitrogens with zero attached hydrogens (tertiary/aromatic N) is 3. The first kappa shape index (κ1) is 13.1. The minimum absolute atomic E-state index is 0.231. The van der Waals surface area contributed by atoms with Crippen molar-refractivity contribution in [3.05, 3.63) is 45.3 Å². The third kappa shape index (κ3) is 2.19. The van der Waals surface area contributed by atoms with E-state index in [0.717, 1.165) is 25.1 Å². The van der Waals surface area contributed by atoms with Gasteiger partial charge in [0.05, 0.1) is 11.6 Å². The Labute approximate surface area is 123 Å². The number of aryl methyl sites for hydroxylation is 2. The molecule has 1 aliphatic carbocycles. The predicted octanol–water partition coefficient (Wildman–Crippen LogP) is 3.70. The Kier molecular flexibility index (Phi) is 3.45. The second-order valence-corrected chi connectivity index (χ2v) is 6.21. The molecule has 0 fully saturated rings. The van der Waals surface area contributed by atoms with E-state index in [9.17, 15) is 5.26 Å². The SMILES string of the molecule is CC(c1cccs1)N(C)c1nc2c(cc1C#N)CCC2. The zero-order valence-corrected chi connectivity index (χ0v) is 12.6. The van der Waals surface area contributed by atoms with E-state index in [0.29, 0.717) is 5.56 Å². The van der Waals surface area contributed by atoms with E-state index in [-0.39, 0.29) is 6.04 Å². The first-order valence-corrected chi connectivity index (χ1v) is 7.78. The number of aromatic nitrogens is 1. The Hall–Kier alpha value is -1.86. The molecule has 2 heterocycles. The Morgan fingerprint density at radius 3 is 3.00 bits per heavy atom. The number of thiophene rings is 1. The second kappa shape index (κ2) is 5.26. The van der Waals surface area contributed by atoms with Crippen LogP contribution in [-0.4, -0.2) is 12.0 Å². The second-order valence-electron chi connectivity index (χ2n) is 5.23. The average molecular weight is 283 g/mol. The minimum atomic E-state index is 0.231. The fourth-order valence-electron chi connectivity index (χ4n) is 2.72. The summed E-state index contributed by atoms with van der Waals surface area (Å²) in [5.74, 6) is 0.814. The predicted molar refractivity (Wildman–Crippen MR) is 82.1 cm³/mol. The summed E-state index contributed by atoms with van der Waals surface area (Å²) in [6.07, 6.45) is 3.25. The van der Waals surface area contributed by atoms with Crippen LogP contribution >= 0.6 is 11.3 Å². The van der Waals surface area contributed by atoms with E-state index in [1.807, 2.05) is 13.1 Å². The van der Waals surface area contributed by atoms with E-state index in [4.69, 9.17) is 4.98 Å². The maximum absolute atomic E-state index is 9.40. The van der Waals surface area contributed by atoms with Crippen LogP contribution in [0.2, 0.25) is 0 Å². The highest BCUT2D eigenvalue weighted by Gasteiger charge is 2.21. The molecule has 4 heteroatoms. The largest absolute Gasteiger partial charge is 0.351 e. The highest BCUT2D eigenvalue weighted by Crippen LogP contribution is 2.32. The molecule has 3 nitrogen and oxygen atoms in total. The fourth-order valence-corrected chi connectivity index (χ4v) is 3.54. The molecule has 3 rings (SSSR count). The van der Waals surface area contributed by atoms with Gasteiger partial charge in [0.25, 0.3) is 0 Å². The van der Waals surface area contributed by atoms with Crippen molar-refractivity contribution in [2.45, 2.75) is 32.2 Å². The third-order valence-corrected chi connectivity index (χ3v) is 5.06. The maximum Gasteiger partial charge on any atom is 0.147 e. The molecule has 0 amide bonds. The molecule has 102 valence electrons. The van der Waals surface area contributed by atoms with Gasteiger partial charge in [-0.25, -0.2) is 4.98 Å². The lowest BCUT2D eigenvalue weighted by atomic mass is 10.1. The van der Waals surface area contributed by atoms with Crippen molar-refractivity contribution in [3.8, 4) is 6.07 Å². The quantitative estimate of drug-likeness (QED) is 0.862. The molecule has 0 N–H and O–H groups in total. The number of hydrogen-bond donors (Lipinski definition) is 0. The van der Waals surface area contributed by atoms with Crippen LogP contribution in [0.5, 0.6) is 0 Å². The summed E-state index contributed by atoms with van der Waals surface area (Å²) >= 11 is 1.74. The molecule has 20 heavy (non-hydrogen) atoms.